The van der Waals surface area contributed by atoms with Crippen LogP contribution in [-0.2, 0) is 6.54 Å². The minimum absolute atomic E-state index is 0.100. The smallest absolute Gasteiger partial charge is 0.0885 e. The third-order valence-electron chi connectivity index (χ3n) is 2.80. The molecule has 0 aliphatic rings. The first-order chi connectivity index (χ1) is 9.27. The van der Waals surface area contributed by atoms with Crippen LogP contribution in [-0.4, -0.2) is 25.9 Å². The fourth-order valence-electron chi connectivity index (χ4n) is 1.97. The van der Waals surface area contributed by atoms with Crippen molar-refractivity contribution in [3.8, 4) is 0 Å². The minimum Gasteiger partial charge on any atom is -0.304 e. The first kappa shape index (κ1) is 14.6. The van der Waals surface area contributed by atoms with E-state index in [4.69, 9.17) is 0 Å². The summed E-state index contributed by atoms with van der Waals surface area (Å²) >= 11 is 5.04. The van der Waals surface area contributed by atoms with Crippen molar-refractivity contribution in [2.75, 3.05) is 6.54 Å². The number of halogens is 1. The van der Waals surface area contributed by atoms with E-state index in [9.17, 15) is 0 Å². The third-order valence-corrected chi connectivity index (χ3v) is 4.14. The van der Waals surface area contributed by atoms with Gasteiger partial charge in [0.25, 0.3) is 0 Å². The number of aryl methyl sites for hydroxylation is 1. The highest BCUT2D eigenvalue weighted by Crippen LogP contribution is 2.30. The van der Waals surface area contributed by atoms with Crippen molar-refractivity contribution in [1.29, 1.82) is 0 Å². The number of nitrogens with one attached hydrogen (secondary N) is 1. The molecule has 104 valence electrons. The molecule has 7 heteroatoms. The van der Waals surface area contributed by atoms with E-state index in [1.165, 1.54) is 11.5 Å². The molecule has 1 atom stereocenters. The third kappa shape index (κ3) is 3.40. The SMILES string of the molecule is CCCNC(c1cnns1)c1c(Br)cnn1CCC. The fourth-order valence-corrected chi connectivity index (χ4v) is 3.08. The maximum atomic E-state index is 4.44. The second-order valence-corrected chi connectivity index (χ2v) is 5.98. The Bertz CT molecular complexity index is 496. The molecule has 0 aliphatic heterocycles. The normalized spacial score (nSPS) is 12.8. The molecule has 2 heterocycles. The van der Waals surface area contributed by atoms with Crippen LogP contribution in [0.5, 0.6) is 0 Å². The summed E-state index contributed by atoms with van der Waals surface area (Å²) in [7, 11) is 0. The van der Waals surface area contributed by atoms with E-state index in [0.29, 0.717) is 0 Å². The Kier molecular flexibility index (Phi) is 5.47. The van der Waals surface area contributed by atoms with Gasteiger partial charge in [0.1, 0.15) is 0 Å². The van der Waals surface area contributed by atoms with E-state index in [1.807, 2.05) is 12.4 Å². The van der Waals surface area contributed by atoms with Gasteiger partial charge in [0, 0.05) is 6.54 Å². The first-order valence-electron chi connectivity index (χ1n) is 6.49. The summed E-state index contributed by atoms with van der Waals surface area (Å²) in [6.07, 6.45) is 5.83. The van der Waals surface area contributed by atoms with Crippen molar-refractivity contribution >= 4 is 27.5 Å². The maximum absolute atomic E-state index is 4.44. The summed E-state index contributed by atoms with van der Waals surface area (Å²) < 4.78 is 7.06. The zero-order valence-corrected chi connectivity index (χ0v) is 13.5. The van der Waals surface area contributed by atoms with Gasteiger partial charge in [-0.2, -0.15) is 5.10 Å². The van der Waals surface area contributed by atoms with Gasteiger partial charge in [0.05, 0.1) is 33.5 Å². The van der Waals surface area contributed by atoms with Crippen LogP contribution >= 0.6 is 27.5 Å². The van der Waals surface area contributed by atoms with Crippen LogP contribution in [0.1, 0.15) is 43.3 Å². The van der Waals surface area contributed by atoms with Crippen molar-refractivity contribution in [2.24, 2.45) is 0 Å². The van der Waals surface area contributed by atoms with Gasteiger partial charge in [-0.1, -0.05) is 18.3 Å². The Hall–Kier alpha value is -0.790. The van der Waals surface area contributed by atoms with Crippen molar-refractivity contribution < 1.29 is 0 Å². The van der Waals surface area contributed by atoms with Crippen molar-refractivity contribution in [1.82, 2.24) is 24.7 Å². The highest BCUT2D eigenvalue weighted by atomic mass is 79.9. The Labute approximate surface area is 125 Å². The number of aromatic nitrogens is 4. The molecule has 1 unspecified atom stereocenters. The molecule has 0 spiro atoms. The lowest BCUT2D eigenvalue weighted by Crippen LogP contribution is -2.25. The monoisotopic (exact) mass is 343 g/mol. The van der Waals surface area contributed by atoms with Crippen LogP contribution in [0, 0.1) is 0 Å². The second-order valence-electron chi connectivity index (χ2n) is 4.31. The van der Waals surface area contributed by atoms with Crippen LogP contribution in [0.2, 0.25) is 0 Å². The second kappa shape index (κ2) is 7.12. The van der Waals surface area contributed by atoms with Gasteiger partial charge in [0.15, 0.2) is 0 Å². The predicted molar refractivity (Wildman–Crippen MR) is 80.3 cm³/mol. The summed E-state index contributed by atoms with van der Waals surface area (Å²) in [5.41, 5.74) is 1.15. The van der Waals surface area contributed by atoms with Crippen LogP contribution < -0.4 is 5.32 Å². The zero-order chi connectivity index (χ0) is 13.7. The molecule has 5 nitrogen and oxygen atoms in total. The van der Waals surface area contributed by atoms with Gasteiger partial charge in [0.2, 0.25) is 0 Å². The fraction of sp³-hybridized carbons (Fsp3) is 0.583. The van der Waals surface area contributed by atoms with E-state index in [-0.39, 0.29) is 6.04 Å². The van der Waals surface area contributed by atoms with Gasteiger partial charge < -0.3 is 5.32 Å². The molecule has 0 saturated heterocycles. The Morgan fingerprint density at radius 1 is 1.37 bits per heavy atom. The van der Waals surface area contributed by atoms with Crippen molar-refractivity contribution in [3.63, 3.8) is 0 Å². The Balaban J connectivity index is 2.34. The summed E-state index contributed by atoms with van der Waals surface area (Å²) in [5.74, 6) is 0. The first-order valence-corrected chi connectivity index (χ1v) is 8.06. The Morgan fingerprint density at radius 3 is 2.84 bits per heavy atom. The highest BCUT2D eigenvalue weighted by molar-refractivity contribution is 9.10. The van der Waals surface area contributed by atoms with E-state index in [2.05, 4.69) is 54.5 Å². The average Bonchev–Trinajstić information content (AvgIpc) is 3.03. The number of hydrogen-bond donors (Lipinski definition) is 1. The predicted octanol–water partition coefficient (Wildman–Crippen LogP) is 3.00. The summed E-state index contributed by atoms with van der Waals surface area (Å²) in [6.45, 7) is 6.18. The number of hydrogen-bond acceptors (Lipinski definition) is 5. The largest absolute Gasteiger partial charge is 0.304 e. The molecule has 0 amide bonds. The standard InChI is InChI=1S/C12H18BrN5S/c1-3-5-14-11(10-8-15-17-19-10)12-9(13)7-16-18(12)6-4-2/h7-8,11,14H,3-6H2,1-2H3. The van der Waals surface area contributed by atoms with Gasteiger partial charge in [-0.3, -0.25) is 4.68 Å². The molecule has 2 rings (SSSR count). The number of rotatable bonds is 7. The Morgan fingerprint density at radius 2 is 2.21 bits per heavy atom. The molecule has 0 radical (unpaired) electrons. The topological polar surface area (TPSA) is 55.6 Å². The van der Waals surface area contributed by atoms with Gasteiger partial charge >= 0.3 is 0 Å². The number of nitrogens with zero attached hydrogens (tertiary/aromatic N) is 4. The van der Waals surface area contributed by atoms with Crippen molar-refractivity contribution in [3.05, 3.63) is 27.4 Å². The summed E-state index contributed by atoms with van der Waals surface area (Å²) in [5, 5.41) is 11.9. The van der Waals surface area contributed by atoms with Gasteiger partial charge in [-0.05, 0) is 46.8 Å². The van der Waals surface area contributed by atoms with E-state index in [0.717, 1.165) is 41.0 Å². The lowest BCUT2D eigenvalue weighted by atomic mass is 10.1. The van der Waals surface area contributed by atoms with Crippen LogP contribution in [0.15, 0.2) is 16.9 Å². The molecule has 0 aliphatic carbocycles. The van der Waals surface area contributed by atoms with Crippen molar-refractivity contribution in [2.45, 2.75) is 39.3 Å². The summed E-state index contributed by atoms with van der Waals surface area (Å²) in [6, 6.07) is 0.100. The van der Waals surface area contributed by atoms with Crippen LogP contribution in [0.4, 0.5) is 0 Å². The molecule has 2 aromatic rings. The summed E-state index contributed by atoms with van der Waals surface area (Å²) in [4.78, 5) is 1.12. The molecule has 0 bridgehead atoms. The van der Waals surface area contributed by atoms with E-state index < -0.39 is 0 Å². The van der Waals surface area contributed by atoms with Gasteiger partial charge in [-0.15, -0.1) is 5.10 Å². The molecule has 0 fully saturated rings. The molecular weight excluding hydrogens is 326 g/mol. The molecule has 1 N–H and O–H groups in total. The van der Waals surface area contributed by atoms with E-state index in [1.54, 1.807) is 0 Å². The zero-order valence-electron chi connectivity index (χ0n) is 11.1. The molecular formula is C12H18BrN5S. The average molecular weight is 344 g/mol. The minimum atomic E-state index is 0.100. The van der Waals surface area contributed by atoms with E-state index >= 15 is 0 Å². The lowest BCUT2D eigenvalue weighted by Gasteiger charge is -2.18. The molecule has 0 saturated carbocycles. The molecule has 0 aromatic carbocycles. The quantitative estimate of drug-likeness (QED) is 0.839. The highest BCUT2D eigenvalue weighted by Gasteiger charge is 2.22. The lowest BCUT2D eigenvalue weighted by molar-refractivity contribution is 0.513. The van der Waals surface area contributed by atoms with Gasteiger partial charge in [-0.25, -0.2) is 0 Å². The molecule has 19 heavy (non-hydrogen) atoms. The maximum Gasteiger partial charge on any atom is 0.0885 e. The van der Waals surface area contributed by atoms with Crippen LogP contribution in [0.3, 0.4) is 0 Å². The molecule has 2 aromatic heterocycles. The van der Waals surface area contributed by atoms with Crippen LogP contribution in [0.25, 0.3) is 0 Å².